The van der Waals surface area contributed by atoms with Crippen LogP contribution in [0, 0.1) is 0 Å². The number of carbonyl (C=O) groups excluding carboxylic acids is 1. The molecule has 0 aliphatic carbocycles. The summed E-state index contributed by atoms with van der Waals surface area (Å²) in [6, 6.07) is 1.62. The van der Waals surface area contributed by atoms with E-state index in [4.69, 9.17) is 10.5 Å². The second-order valence-corrected chi connectivity index (χ2v) is 4.88. The monoisotopic (exact) mass is 294 g/mol. The lowest BCUT2D eigenvalue weighted by Crippen LogP contribution is -2.37. The Morgan fingerprint density at radius 3 is 3.00 bits per heavy atom. The molecule has 2 rings (SSSR count). The fourth-order valence-corrected chi connectivity index (χ4v) is 2.19. The number of ether oxygens (including phenoxy) is 2. The lowest BCUT2D eigenvalue weighted by atomic mass is 10.2. The van der Waals surface area contributed by atoms with Gasteiger partial charge in [-0.05, 0) is 19.0 Å². The van der Waals surface area contributed by atoms with E-state index in [1.807, 2.05) is 0 Å². The molecule has 2 heterocycles. The Balaban J connectivity index is 1.78. The number of morpholine rings is 1. The summed E-state index contributed by atoms with van der Waals surface area (Å²) < 4.78 is 9.99. The Morgan fingerprint density at radius 2 is 2.29 bits per heavy atom. The van der Waals surface area contributed by atoms with Gasteiger partial charge >= 0.3 is 5.97 Å². The average Bonchev–Trinajstić information content (AvgIpc) is 2.53. The highest BCUT2D eigenvalue weighted by atomic mass is 16.5. The summed E-state index contributed by atoms with van der Waals surface area (Å²) >= 11 is 0. The van der Waals surface area contributed by atoms with Crippen LogP contribution < -0.4 is 11.1 Å². The number of nitrogens with two attached hydrogens (primary N) is 1. The predicted molar refractivity (Wildman–Crippen MR) is 80.4 cm³/mol. The SMILES string of the molecule is COC(=O)c1cc(NCCCN2CCOCC2)ncc1N. The van der Waals surface area contributed by atoms with Gasteiger partial charge < -0.3 is 20.5 Å². The van der Waals surface area contributed by atoms with Crippen LogP contribution >= 0.6 is 0 Å². The van der Waals surface area contributed by atoms with Crippen LogP contribution in [0.3, 0.4) is 0 Å². The number of nitrogen functional groups attached to an aromatic ring is 1. The van der Waals surface area contributed by atoms with Gasteiger partial charge in [-0.3, -0.25) is 4.90 Å². The fraction of sp³-hybridized carbons (Fsp3) is 0.571. The number of methoxy groups -OCH3 is 1. The predicted octanol–water partition coefficient (Wildman–Crippen LogP) is 0.585. The molecule has 1 saturated heterocycles. The second kappa shape index (κ2) is 7.80. The van der Waals surface area contributed by atoms with Gasteiger partial charge in [-0.25, -0.2) is 9.78 Å². The van der Waals surface area contributed by atoms with Gasteiger partial charge in [-0.1, -0.05) is 0 Å². The number of rotatable bonds is 6. The van der Waals surface area contributed by atoms with E-state index in [0.717, 1.165) is 45.8 Å². The van der Waals surface area contributed by atoms with Crippen molar-refractivity contribution in [3.05, 3.63) is 17.8 Å². The smallest absolute Gasteiger partial charge is 0.340 e. The normalized spacial score (nSPS) is 15.7. The number of nitrogens with zero attached hydrogens (tertiary/aromatic N) is 2. The maximum atomic E-state index is 11.5. The molecule has 0 aromatic carbocycles. The lowest BCUT2D eigenvalue weighted by Gasteiger charge is -2.26. The van der Waals surface area contributed by atoms with Crippen LogP contribution in [0.4, 0.5) is 11.5 Å². The van der Waals surface area contributed by atoms with E-state index >= 15 is 0 Å². The maximum absolute atomic E-state index is 11.5. The molecule has 1 aromatic rings. The standard InChI is InChI=1S/C14H22N4O3/c1-20-14(19)11-9-13(17-10-12(11)15)16-3-2-4-18-5-7-21-8-6-18/h9-10H,2-8,15H2,1H3,(H,16,17). The van der Waals surface area contributed by atoms with Crippen LogP contribution in [-0.4, -0.2) is 62.4 Å². The molecule has 1 aliphatic heterocycles. The van der Waals surface area contributed by atoms with E-state index in [9.17, 15) is 4.79 Å². The van der Waals surface area contributed by atoms with Crippen molar-refractivity contribution >= 4 is 17.5 Å². The molecule has 0 unspecified atom stereocenters. The molecule has 116 valence electrons. The fourth-order valence-electron chi connectivity index (χ4n) is 2.19. The largest absolute Gasteiger partial charge is 0.465 e. The van der Waals surface area contributed by atoms with Crippen molar-refractivity contribution in [2.45, 2.75) is 6.42 Å². The Hall–Kier alpha value is -1.86. The molecular formula is C14H22N4O3. The van der Waals surface area contributed by atoms with Crippen molar-refractivity contribution in [1.29, 1.82) is 0 Å². The topological polar surface area (TPSA) is 89.7 Å². The summed E-state index contributed by atoms with van der Waals surface area (Å²) in [5, 5.41) is 3.20. The van der Waals surface area contributed by atoms with Gasteiger partial charge in [0.05, 0.1) is 37.8 Å². The molecular weight excluding hydrogens is 272 g/mol. The van der Waals surface area contributed by atoms with E-state index in [1.165, 1.54) is 13.3 Å². The first kappa shape index (κ1) is 15.5. The molecule has 1 aliphatic rings. The summed E-state index contributed by atoms with van der Waals surface area (Å²) in [4.78, 5) is 18.1. The number of aromatic nitrogens is 1. The highest BCUT2D eigenvalue weighted by Crippen LogP contribution is 2.15. The van der Waals surface area contributed by atoms with Gasteiger partial charge in [-0.15, -0.1) is 0 Å². The van der Waals surface area contributed by atoms with Gasteiger partial charge in [0.1, 0.15) is 5.82 Å². The van der Waals surface area contributed by atoms with Crippen molar-refractivity contribution in [3.63, 3.8) is 0 Å². The number of anilines is 2. The van der Waals surface area contributed by atoms with Crippen molar-refractivity contribution < 1.29 is 14.3 Å². The third kappa shape index (κ3) is 4.57. The van der Waals surface area contributed by atoms with Crippen molar-refractivity contribution in [1.82, 2.24) is 9.88 Å². The Morgan fingerprint density at radius 1 is 1.52 bits per heavy atom. The molecule has 0 atom stereocenters. The van der Waals surface area contributed by atoms with Gasteiger partial charge in [0.2, 0.25) is 0 Å². The molecule has 7 heteroatoms. The maximum Gasteiger partial charge on any atom is 0.340 e. The van der Waals surface area contributed by atoms with Gasteiger partial charge in [0, 0.05) is 19.6 Å². The quantitative estimate of drug-likeness (QED) is 0.586. The van der Waals surface area contributed by atoms with Crippen LogP contribution in [0.5, 0.6) is 0 Å². The molecule has 0 bridgehead atoms. The Bertz CT molecular complexity index is 475. The Kier molecular flexibility index (Phi) is 5.77. The summed E-state index contributed by atoms with van der Waals surface area (Å²) in [5.41, 5.74) is 6.37. The average molecular weight is 294 g/mol. The minimum Gasteiger partial charge on any atom is -0.465 e. The summed E-state index contributed by atoms with van der Waals surface area (Å²) in [5.74, 6) is 0.179. The highest BCUT2D eigenvalue weighted by Gasteiger charge is 2.12. The molecule has 0 amide bonds. The lowest BCUT2D eigenvalue weighted by molar-refractivity contribution is 0.0378. The zero-order chi connectivity index (χ0) is 15.1. The second-order valence-electron chi connectivity index (χ2n) is 4.88. The molecule has 0 spiro atoms. The molecule has 0 saturated carbocycles. The first-order valence-corrected chi connectivity index (χ1v) is 7.08. The van der Waals surface area contributed by atoms with Crippen molar-refractivity contribution in [2.75, 3.05) is 57.6 Å². The molecule has 21 heavy (non-hydrogen) atoms. The minimum atomic E-state index is -0.453. The molecule has 7 nitrogen and oxygen atoms in total. The zero-order valence-electron chi connectivity index (χ0n) is 12.3. The number of nitrogens with one attached hydrogen (secondary N) is 1. The highest BCUT2D eigenvalue weighted by molar-refractivity contribution is 5.95. The van der Waals surface area contributed by atoms with Crippen LogP contribution in [0.1, 0.15) is 16.8 Å². The van der Waals surface area contributed by atoms with Crippen molar-refractivity contribution in [3.8, 4) is 0 Å². The van der Waals surface area contributed by atoms with E-state index in [0.29, 0.717) is 17.1 Å². The van der Waals surface area contributed by atoms with Gasteiger partial charge in [-0.2, -0.15) is 0 Å². The molecule has 1 fully saturated rings. The third-order valence-corrected chi connectivity index (χ3v) is 3.40. The number of hydrogen-bond acceptors (Lipinski definition) is 7. The summed E-state index contributed by atoms with van der Waals surface area (Å²) in [6.45, 7) is 5.42. The number of pyridine rings is 1. The summed E-state index contributed by atoms with van der Waals surface area (Å²) in [7, 11) is 1.33. The number of carbonyl (C=O) groups is 1. The molecule has 0 radical (unpaired) electrons. The Labute approximate surface area is 124 Å². The van der Waals surface area contributed by atoms with E-state index < -0.39 is 5.97 Å². The van der Waals surface area contributed by atoms with Crippen molar-refractivity contribution in [2.24, 2.45) is 0 Å². The minimum absolute atomic E-state index is 0.320. The summed E-state index contributed by atoms with van der Waals surface area (Å²) in [6.07, 6.45) is 2.47. The molecule has 3 N–H and O–H groups in total. The van der Waals surface area contributed by atoms with Gasteiger partial charge in [0.15, 0.2) is 0 Å². The molecule has 1 aromatic heterocycles. The van der Waals surface area contributed by atoms with Crippen LogP contribution in [0.15, 0.2) is 12.3 Å². The van der Waals surface area contributed by atoms with Crippen LogP contribution in [0.2, 0.25) is 0 Å². The van der Waals surface area contributed by atoms with Crippen LogP contribution in [0.25, 0.3) is 0 Å². The first-order chi connectivity index (χ1) is 10.2. The van der Waals surface area contributed by atoms with E-state index in [2.05, 4.69) is 19.9 Å². The number of hydrogen-bond donors (Lipinski definition) is 2. The number of esters is 1. The van der Waals surface area contributed by atoms with E-state index in [-0.39, 0.29) is 0 Å². The first-order valence-electron chi connectivity index (χ1n) is 7.08. The van der Waals surface area contributed by atoms with Crippen LogP contribution in [-0.2, 0) is 9.47 Å². The third-order valence-electron chi connectivity index (χ3n) is 3.40. The van der Waals surface area contributed by atoms with E-state index in [1.54, 1.807) is 6.07 Å². The van der Waals surface area contributed by atoms with Gasteiger partial charge in [0.25, 0.3) is 0 Å². The zero-order valence-corrected chi connectivity index (χ0v) is 12.3.